The Morgan fingerprint density at radius 1 is 1.22 bits per heavy atom. The normalized spacial score (nSPS) is 21.9. The van der Waals surface area contributed by atoms with E-state index in [9.17, 15) is 9.59 Å². The van der Waals surface area contributed by atoms with Gasteiger partial charge in [-0.1, -0.05) is 38.1 Å². The average molecular weight is 445 g/mol. The van der Waals surface area contributed by atoms with Gasteiger partial charge in [0.05, 0.1) is 0 Å². The van der Waals surface area contributed by atoms with Crippen LogP contribution in [0.15, 0.2) is 24.3 Å². The number of ether oxygens (including phenoxy) is 1. The predicted octanol–water partition coefficient (Wildman–Crippen LogP) is 1.89. The van der Waals surface area contributed by atoms with Crippen LogP contribution in [-0.4, -0.2) is 91.6 Å². The fourth-order valence-corrected chi connectivity index (χ4v) is 4.89. The number of benzene rings is 1. The summed E-state index contributed by atoms with van der Waals surface area (Å²) in [6.07, 6.45) is 1.62. The van der Waals surface area contributed by atoms with Crippen LogP contribution in [0.5, 0.6) is 0 Å². The molecule has 2 aliphatic rings. The second-order valence-electron chi connectivity index (χ2n) is 9.56. The smallest absolute Gasteiger partial charge is 0.249 e. The van der Waals surface area contributed by atoms with Crippen LogP contribution in [0.1, 0.15) is 37.8 Å². The minimum Gasteiger partial charge on any atom is -0.375 e. The lowest BCUT2D eigenvalue weighted by atomic mass is 10.0. The monoisotopic (exact) mass is 444 g/mol. The lowest BCUT2D eigenvalue weighted by Gasteiger charge is -2.31. The van der Waals surface area contributed by atoms with Crippen LogP contribution >= 0.6 is 0 Å². The van der Waals surface area contributed by atoms with Gasteiger partial charge in [-0.3, -0.25) is 14.5 Å². The van der Waals surface area contributed by atoms with Crippen LogP contribution in [0.3, 0.4) is 0 Å². The van der Waals surface area contributed by atoms with Crippen LogP contribution in [0.2, 0.25) is 0 Å². The Bertz CT molecular complexity index is 761. The molecule has 2 unspecified atom stereocenters. The highest BCUT2D eigenvalue weighted by Crippen LogP contribution is 2.27. The first-order chi connectivity index (χ1) is 15.4. The van der Waals surface area contributed by atoms with Gasteiger partial charge in [-0.2, -0.15) is 0 Å². The summed E-state index contributed by atoms with van der Waals surface area (Å²) in [4.78, 5) is 32.6. The number of nitrogens with zero attached hydrogens (tertiary/aromatic N) is 3. The van der Waals surface area contributed by atoms with Gasteiger partial charge >= 0.3 is 0 Å². The highest BCUT2D eigenvalue weighted by atomic mass is 16.5. The van der Waals surface area contributed by atoms with Crippen molar-refractivity contribution in [1.29, 1.82) is 0 Å². The third-order valence-electron chi connectivity index (χ3n) is 6.55. The van der Waals surface area contributed by atoms with E-state index >= 15 is 0 Å². The molecular weight excluding hydrogens is 404 g/mol. The number of aryl methyl sites for hydroxylation is 1. The molecule has 0 saturated carbocycles. The molecule has 2 fully saturated rings. The van der Waals surface area contributed by atoms with Gasteiger partial charge in [-0.15, -0.1) is 0 Å². The number of likely N-dealkylation sites (tertiary alicyclic amines) is 1. The first-order valence-electron chi connectivity index (χ1n) is 12.0. The zero-order chi connectivity index (χ0) is 23.1. The summed E-state index contributed by atoms with van der Waals surface area (Å²) < 4.78 is 5.14. The standard InChI is InChI=1S/C25H40N4O3/c1-19(2)15-28(16-21-9-6-5-8-20(21)3)22-14-23(29(17-22)24(30)18-32-4)25(31)27-12-7-10-26-11-13-27/h5-6,8-9,19,22-23,26H,7,10-18H2,1-4H3. The Labute approximate surface area is 193 Å². The van der Waals surface area contributed by atoms with E-state index in [4.69, 9.17) is 4.74 Å². The van der Waals surface area contributed by atoms with Crippen molar-refractivity contribution in [3.8, 4) is 0 Å². The zero-order valence-corrected chi connectivity index (χ0v) is 20.2. The van der Waals surface area contributed by atoms with Crippen LogP contribution < -0.4 is 5.32 Å². The van der Waals surface area contributed by atoms with Gasteiger partial charge < -0.3 is 19.9 Å². The molecule has 2 heterocycles. The molecule has 1 aromatic rings. The summed E-state index contributed by atoms with van der Waals surface area (Å²) >= 11 is 0. The Kier molecular flexibility index (Phi) is 9.08. The van der Waals surface area contributed by atoms with E-state index < -0.39 is 6.04 Å². The zero-order valence-electron chi connectivity index (χ0n) is 20.2. The van der Waals surface area contributed by atoms with E-state index in [1.165, 1.54) is 18.2 Å². The fraction of sp³-hybridized carbons (Fsp3) is 0.680. The van der Waals surface area contributed by atoms with Crippen molar-refractivity contribution in [2.24, 2.45) is 5.92 Å². The third-order valence-corrected chi connectivity index (χ3v) is 6.55. The number of methoxy groups -OCH3 is 1. The van der Waals surface area contributed by atoms with E-state index in [1.807, 2.05) is 4.90 Å². The number of hydrogen-bond donors (Lipinski definition) is 1. The number of carbonyl (C=O) groups excluding carboxylic acids is 2. The maximum Gasteiger partial charge on any atom is 0.249 e. The number of carbonyl (C=O) groups is 2. The van der Waals surface area contributed by atoms with Crippen molar-refractivity contribution in [2.45, 2.75) is 52.2 Å². The second kappa shape index (κ2) is 11.8. The van der Waals surface area contributed by atoms with E-state index in [1.54, 1.807) is 4.90 Å². The topological polar surface area (TPSA) is 65.1 Å². The molecule has 0 radical (unpaired) electrons. The molecule has 2 saturated heterocycles. The number of rotatable bonds is 8. The van der Waals surface area contributed by atoms with Crippen LogP contribution in [0.25, 0.3) is 0 Å². The van der Waals surface area contributed by atoms with Crippen LogP contribution in [-0.2, 0) is 20.9 Å². The van der Waals surface area contributed by atoms with Crippen LogP contribution in [0.4, 0.5) is 0 Å². The highest BCUT2D eigenvalue weighted by Gasteiger charge is 2.43. The molecule has 1 aromatic carbocycles. The molecule has 0 aromatic heterocycles. The highest BCUT2D eigenvalue weighted by molar-refractivity contribution is 5.89. The van der Waals surface area contributed by atoms with Crippen molar-refractivity contribution in [2.75, 3.05) is 53.0 Å². The minimum absolute atomic E-state index is 0.0139. The maximum atomic E-state index is 13.5. The Balaban J connectivity index is 1.81. The lowest BCUT2D eigenvalue weighted by Crippen LogP contribution is -2.49. The summed E-state index contributed by atoms with van der Waals surface area (Å²) in [6, 6.07) is 8.21. The minimum atomic E-state index is -0.410. The molecule has 0 spiro atoms. The molecule has 2 aliphatic heterocycles. The Morgan fingerprint density at radius 2 is 2.00 bits per heavy atom. The van der Waals surface area contributed by atoms with Crippen molar-refractivity contribution < 1.29 is 14.3 Å². The van der Waals surface area contributed by atoms with Gasteiger partial charge in [0.2, 0.25) is 11.8 Å². The predicted molar refractivity (Wildman–Crippen MR) is 126 cm³/mol. The first-order valence-corrected chi connectivity index (χ1v) is 12.0. The lowest BCUT2D eigenvalue weighted by molar-refractivity contribution is -0.145. The maximum absolute atomic E-state index is 13.5. The molecule has 2 atom stereocenters. The van der Waals surface area contributed by atoms with Crippen molar-refractivity contribution >= 4 is 11.8 Å². The van der Waals surface area contributed by atoms with Crippen molar-refractivity contribution in [3.63, 3.8) is 0 Å². The number of amides is 2. The molecule has 178 valence electrons. The van der Waals surface area contributed by atoms with Crippen molar-refractivity contribution in [3.05, 3.63) is 35.4 Å². The van der Waals surface area contributed by atoms with Gasteiger partial charge in [0.15, 0.2) is 0 Å². The average Bonchev–Trinajstić information content (AvgIpc) is 3.02. The summed E-state index contributed by atoms with van der Waals surface area (Å²) in [5, 5.41) is 3.36. The van der Waals surface area contributed by atoms with E-state index in [0.717, 1.165) is 39.1 Å². The molecule has 7 heteroatoms. The Morgan fingerprint density at radius 3 is 2.72 bits per heavy atom. The van der Waals surface area contributed by atoms with Gasteiger partial charge in [0.25, 0.3) is 0 Å². The molecular formula is C25H40N4O3. The van der Waals surface area contributed by atoms with Gasteiger partial charge in [0, 0.05) is 52.4 Å². The summed E-state index contributed by atoms with van der Waals surface area (Å²) in [6.45, 7) is 12.1. The molecule has 3 rings (SSSR count). The van der Waals surface area contributed by atoms with E-state index in [2.05, 4.69) is 55.3 Å². The summed E-state index contributed by atoms with van der Waals surface area (Å²) in [7, 11) is 1.53. The third kappa shape index (κ3) is 6.30. The molecule has 32 heavy (non-hydrogen) atoms. The van der Waals surface area contributed by atoms with E-state index in [0.29, 0.717) is 25.4 Å². The number of hydrogen-bond acceptors (Lipinski definition) is 5. The molecule has 0 aliphatic carbocycles. The van der Waals surface area contributed by atoms with Crippen molar-refractivity contribution in [1.82, 2.24) is 20.0 Å². The summed E-state index contributed by atoms with van der Waals surface area (Å²) in [5.41, 5.74) is 2.58. The quantitative estimate of drug-likeness (QED) is 0.663. The SMILES string of the molecule is COCC(=O)N1CC(N(Cc2ccccc2C)CC(C)C)CC1C(=O)N1CCCNCC1. The second-order valence-corrected chi connectivity index (χ2v) is 9.56. The fourth-order valence-electron chi connectivity index (χ4n) is 4.89. The molecule has 1 N–H and O–H groups in total. The molecule has 0 bridgehead atoms. The van der Waals surface area contributed by atoms with Gasteiger partial charge in [-0.05, 0) is 43.4 Å². The first kappa shape index (κ1) is 24.7. The number of nitrogens with one attached hydrogen (secondary N) is 1. The molecule has 2 amide bonds. The summed E-state index contributed by atoms with van der Waals surface area (Å²) in [5.74, 6) is 0.483. The van der Waals surface area contributed by atoms with Crippen LogP contribution in [0, 0.1) is 12.8 Å². The van der Waals surface area contributed by atoms with Gasteiger partial charge in [-0.25, -0.2) is 0 Å². The Hall–Kier alpha value is -1.96. The largest absolute Gasteiger partial charge is 0.375 e. The van der Waals surface area contributed by atoms with E-state index in [-0.39, 0.29) is 24.5 Å². The van der Waals surface area contributed by atoms with Gasteiger partial charge in [0.1, 0.15) is 12.6 Å². The molecule has 7 nitrogen and oxygen atoms in total.